The second kappa shape index (κ2) is 5.86. The number of rotatable bonds is 5. The highest BCUT2D eigenvalue weighted by atomic mass is 14.9. The monoisotopic (exact) mass is 206 g/mol. The summed E-state index contributed by atoms with van der Waals surface area (Å²) < 4.78 is 0. The van der Waals surface area contributed by atoms with Gasteiger partial charge in [0.1, 0.15) is 0 Å². The van der Waals surface area contributed by atoms with Crippen LogP contribution in [0.5, 0.6) is 0 Å². The molecule has 0 bridgehead atoms. The van der Waals surface area contributed by atoms with Gasteiger partial charge in [0.2, 0.25) is 0 Å². The lowest BCUT2D eigenvalue weighted by Crippen LogP contribution is -2.18. The molecule has 1 atom stereocenters. The maximum atomic E-state index is 4.34. The van der Waals surface area contributed by atoms with Gasteiger partial charge < -0.3 is 5.32 Å². The Hall–Kier alpha value is -0.890. The van der Waals surface area contributed by atoms with Gasteiger partial charge in [0, 0.05) is 17.9 Å². The van der Waals surface area contributed by atoms with E-state index in [-0.39, 0.29) is 0 Å². The summed E-state index contributed by atoms with van der Waals surface area (Å²) in [6.45, 7) is 6.61. The van der Waals surface area contributed by atoms with Crippen LogP contribution in [0, 0.1) is 12.8 Å². The molecule has 84 valence electrons. The summed E-state index contributed by atoms with van der Waals surface area (Å²) in [5.74, 6) is 0.762. The molecule has 0 aliphatic rings. The van der Waals surface area contributed by atoms with Gasteiger partial charge in [-0.3, -0.25) is 4.98 Å². The van der Waals surface area contributed by atoms with Crippen molar-refractivity contribution in [1.29, 1.82) is 0 Å². The first-order chi connectivity index (χ1) is 7.15. The molecule has 0 saturated heterocycles. The molecule has 0 amide bonds. The summed E-state index contributed by atoms with van der Waals surface area (Å²) in [6.07, 6.45) is 4.29. The van der Waals surface area contributed by atoms with E-state index in [1.165, 1.54) is 18.4 Å². The second-order valence-corrected chi connectivity index (χ2v) is 4.49. The average Bonchev–Trinajstić information content (AvgIpc) is 2.21. The van der Waals surface area contributed by atoms with Crippen molar-refractivity contribution >= 4 is 0 Å². The molecule has 0 saturated carbocycles. The van der Waals surface area contributed by atoms with Gasteiger partial charge in [0.15, 0.2) is 0 Å². The van der Waals surface area contributed by atoms with Crippen LogP contribution >= 0.6 is 0 Å². The van der Waals surface area contributed by atoms with Crippen LogP contribution in [-0.2, 0) is 0 Å². The fourth-order valence-corrected chi connectivity index (χ4v) is 1.82. The minimum absolute atomic E-state index is 0.445. The van der Waals surface area contributed by atoms with Crippen molar-refractivity contribution in [2.75, 3.05) is 7.05 Å². The van der Waals surface area contributed by atoms with Crippen molar-refractivity contribution in [1.82, 2.24) is 10.3 Å². The maximum Gasteiger partial charge on any atom is 0.0420 e. The molecule has 0 fully saturated rings. The van der Waals surface area contributed by atoms with Gasteiger partial charge in [-0.15, -0.1) is 0 Å². The highest BCUT2D eigenvalue weighted by molar-refractivity contribution is 5.22. The van der Waals surface area contributed by atoms with Crippen LogP contribution < -0.4 is 5.32 Å². The average molecular weight is 206 g/mol. The Kier molecular flexibility index (Phi) is 4.76. The molecule has 0 spiro atoms. The Balaban J connectivity index is 2.70. The fourth-order valence-electron chi connectivity index (χ4n) is 1.82. The number of aromatic nitrogens is 1. The minimum atomic E-state index is 0.445. The number of pyridine rings is 1. The van der Waals surface area contributed by atoms with Crippen LogP contribution in [0.3, 0.4) is 0 Å². The van der Waals surface area contributed by atoms with E-state index in [0.29, 0.717) is 6.04 Å². The molecule has 1 N–H and O–H groups in total. The lowest BCUT2D eigenvalue weighted by Gasteiger charge is -2.19. The van der Waals surface area contributed by atoms with E-state index in [2.05, 4.69) is 37.1 Å². The molecular formula is C13H22N2. The van der Waals surface area contributed by atoms with E-state index < -0.39 is 0 Å². The topological polar surface area (TPSA) is 24.9 Å². The third-order valence-electron chi connectivity index (χ3n) is 2.80. The van der Waals surface area contributed by atoms with Crippen LogP contribution in [-0.4, -0.2) is 12.0 Å². The van der Waals surface area contributed by atoms with Crippen LogP contribution in [0.1, 0.15) is 44.0 Å². The Morgan fingerprint density at radius 1 is 1.33 bits per heavy atom. The lowest BCUT2D eigenvalue weighted by molar-refractivity contribution is 0.462. The normalized spacial score (nSPS) is 13.1. The summed E-state index contributed by atoms with van der Waals surface area (Å²) in [7, 11) is 2.03. The summed E-state index contributed by atoms with van der Waals surface area (Å²) in [4.78, 5) is 4.34. The van der Waals surface area contributed by atoms with Crippen LogP contribution in [0.2, 0.25) is 0 Å². The quantitative estimate of drug-likeness (QED) is 0.800. The predicted molar refractivity (Wildman–Crippen MR) is 64.8 cm³/mol. The van der Waals surface area contributed by atoms with Crippen LogP contribution in [0.25, 0.3) is 0 Å². The van der Waals surface area contributed by atoms with Gasteiger partial charge in [-0.1, -0.05) is 19.9 Å². The summed E-state index contributed by atoms with van der Waals surface area (Å²) in [5, 5.41) is 3.37. The number of aryl methyl sites for hydroxylation is 1. The zero-order valence-electron chi connectivity index (χ0n) is 10.2. The summed E-state index contributed by atoms with van der Waals surface area (Å²) >= 11 is 0. The zero-order valence-corrected chi connectivity index (χ0v) is 10.2. The Labute approximate surface area is 93.1 Å². The molecule has 1 heterocycles. The number of hydrogen-bond acceptors (Lipinski definition) is 2. The van der Waals surface area contributed by atoms with Crippen LogP contribution in [0.4, 0.5) is 0 Å². The Morgan fingerprint density at radius 2 is 2.07 bits per heavy atom. The van der Waals surface area contributed by atoms with Crippen molar-refractivity contribution in [3.63, 3.8) is 0 Å². The fraction of sp³-hybridized carbons (Fsp3) is 0.615. The molecular weight excluding hydrogens is 184 g/mol. The molecule has 0 aliphatic carbocycles. The molecule has 0 radical (unpaired) electrons. The van der Waals surface area contributed by atoms with Crippen LogP contribution in [0.15, 0.2) is 18.3 Å². The third kappa shape index (κ3) is 3.63. The highest BCUT2D eigenvalue weighted by Crippen LogP contribution is 2.22. The van der Waals surface area contributed by atoms with E-state index in [1.807, 2.05) is 19.3 Å². The molecule has 1 unspecified atom stereocenters. The Bertz CT molecular complexity index is 294. The first kappa shape index (κ1) is 12.2. The van der Waals surface area contributed by atoms with Crippen molar-refractivity contribution < 1.29 is 0 Å². The molecule has 2 nitrogen and oxygen atoms in total. The first-order valence-electron chi connectivity index (χ1n) is 5.74. The largest absolute Gasteiger partial charge is 0.313 e. The SMILES string of the molecule is CNC(CCC(C)C)c1cccnc1C. The maximum absolute atomic E-state index is 4.34. The molecule has 1 aromatic heterocycles. The van der Waals surface area contributed by atoms with E-state index >= 15 is 0 Å². The number of hydrogen-bond donors (Lipinski definition) is 1. The smallest absolute Gasteiger partial charge is 0.0420 e. The van der Waals surface area contributed by atoms with Gasteiger partial charge in [-0.25, -0.2) is 0 Å². The van der Waals surface area contributed by atoms with Crippen molar-refractivity contribution in [3.8, 4) is 0 Å². The molecule has 0 aromatic carbocycles. The summed E-state index contributed by atoms with van der Waals surface area (Å²) in [6, 6.07) is 4.63. The van der Waals surface area contributed by atoms with Gasteiger partial charge in [-0.05, 0) is 44.4 Å². The third-order valence-corrected chi connectivity index (χ3v) is 2.80. The highest BCUT2D eigenvalue weighted by Gasteiger charge is 2.12. The van der Waals surface area contributed by atoms with Crippen molar-refractivity contribution in [3.05, 3.63) is 29.6 Å². The number of nitrogens with zero attached hydrogens (tertiary/aromatic N) is 1. The number of nitrogens with one attached hydrogen (secondary N) is 1. The standard InChI is InChI=1S/C13H22N2/c1-10(2)7-8-13(14-4)12-6-5-9-15-11(12)3/h5-6,9-10,13-14H,7-8H2,1-4H3. The Morgan fingerprint density at radius 3 is 2.60 bits per heavy atom. The minimum Gasteiger partial charge on any atom is -0.313 e. The van der Waals surface area contributed by atoms with Gasteiger partial charge >= 0.3 is 0 Å². The summed E-state index contributed by atoms with van der Waals surface area (Å²) in [5.41, 5.74) is 2.47. The zero-order chi connectivity index (χ0) is 11.3. The van der Waals surface area contributed by atoms with E-state index in [4.69, 9.17) is 0 Å². The van der Waals surface area contributed by atoms with Crippen molar-refractivity contribution in [2.45, 2.75) is 39.7 Å². The van der Waals surface area contributed by atoms with E-state index in [9.17, 15) is 0 Å². The van der Waals surface area contributed by atoms with Gasteiger partial charge in [0.05, 0.1) is 0 Å². The first-order valence-corrected chi connectivity index (χ1v) is 5.74. The molecule has 1 rings (SSSR count). The van der Waals surface area contributed by atoms with E-state index in [0.717, 1.165) is 11.6 Å². The molecule has 15 heavy (non-hydrogen) atoms. The molecule has 0 aliphatic heterocycles. The van der Waals surface area contributed by atoms with E-state index in [1.54, 1.807) is 0 Å². The second-order valence-electron chi connectivity index (χ2n) is 4.49. The predicted octanol–water partition coefficient (Wildman–Crippen LogP) is 3.09. The van der Waals surface area contributed by atoms with Gasteiger partial charge in [-0.2, -0.15) is 0 Å². The molecule has 1 aromatic rings. The van der Waals surface area contributed by atoms with Crippen molar-refractivity contribution in [2.24, 2.45) is 5.92 Å². The van der Waals surface area contributed by atoms with Gasteiger partial charge in [0.25, 0.3) is 0 Å². The lowest BCUT2D eigenvalue weighted by atomic mass is 9.97. The molecule has 2 heteroatoms.